The van der Waals surface area contributed by atoms with Gasteiger partial charge in [-0.25, -0.2) is 10.2 Å². The molecule has 1 N–H and O–H groups in total. The number of carbonyl (C=O) groups excluding carboxylic acids is 1. The van der Waals surface area contributed by atoms with Crippen molar-refractivity contribution in [3.63, 3.8) is 0 Å². The second-order valence-electron chi connectivity index (χ2n) is 5.27. The largest absolute Gasteiger partial charge is 0.448 e. The van der Waals surface area contributed by atoms with Crippen LogP contribution in [0.1, 0.15) is 35.1 Å². The number of nitrogens with zero attached hydrogens (tertiary/aromatic N) is 1. The van der Waals surface area contributed by atoms with Crippen molar-refractivity contribution in [2.24, 2.45) is 5.10 Å². The van der Waals surface area contributed by atoms with Crippen molar-refractivity contribution in [2.75, 3.05) is 12.9 Å². The van der Waals surface area contributed by atoms with E-state index in [1.807, 2.05) is 37.3 Å². The van der Waals surface area contributed by atoms with E-state index < -0.39 is 6.09 Å². The SMILES string of the molecule is CCCCOC(=O)NN=C(c1ccc(Cl)cc1)c1ccc(CSC)s1. The molecule has 4 nitrogen and oxygen atoms in total. The molecule has 0 atom stereocenters. The highest BCUT2D eigenvalue weighted by Crippen LogP contribution is 2.24. The predicted molar refractivity (Wildman–Crippen MR) is 108 cm³/mol. The number of nitrogens with one attached hydrogen (secondary N) is 1. The molecule has 0 aliphatic heterocycles. The molecule has 0 bridgehead atoms. The third-order valence-electron chi connectivity index (χ3n) is 3.29. The maximum Gasteiger partial charge on any atom is 0.427 e. The van der Waals surface area contributed by atoms with Gasteiger partial charge in [0.15, 0.2) is 0 Å². The quantitative estimate of drug-likeness (QED) is 0.362. The molecular weight excluding hydrogens is 376 g/mol. The van der Waals surface area contributed by atoms with E-state index >= 15 is 0 Å². The van der Waals surface area contributed by atoms with Crippen molar-refractivity contribution in [3.05, 3.63) is 56.7 Å². The Bertz CT molecular complexity index is 714. The number of amides is 1. The van der Waals surface area contributed by atoms with Gasteiger partial charge < -0.3 is 4.74 Å². The van der Waals surface area contributed by atoms with Crippen LogP contribution in [0.4, 0.5) is 4.79 Å². The lowest BCUT2D eigenvalue weighted by Gasteiger charge is -2.07. The van der Waals surface area contributed by atoms with Crippen LogP contribution in [0, 0.1) is 0 Å². The summed E-state index contributed by atoms with van der Waals surface area (Å²) in [5.41, 5.74) is 4.07. The number of ether oxygens (including phenoxy) is 1. The third-order valence-corrected chi connectivity index (χ3v) is 5.42. The molecule has 1 amide bonds. The van der Waals surface area contributed by atoms with Gasteiger partial charge in [0.1, 0.15) is 5.71 Å². The Hall–Kier alpha value is -1.50. The lowest BCUT2D eigenvalue weighted by atomic mass is 10.1. The van der Waals surface area contributed by atoms with Crippen molar-refractivity contribution < 1.29 is 9.53 Å². The number of hydrogen-bond acceptors (Lipinski definition) is 5. The number of thioether (sulfide) groups is 1. The van der Waals surface area contributed by atoms with Crippen LogP contribution in [-0.2, 0) is 10.5 Å². The highest BCUT2D eigenvalue weighted by Gasteiger charge is 2.12. The normalized spacial score (nSPS) is 11.4. The van der Waals surface area contributed by atoms with Crippen LogP contribution in [0.5, 0.6) is 0 Å². The van der Waals surface area contributed by atoms with Gasteiger partial charge in [0, 0.05) is 21.2 Å². The number of unbranched alkanes of at least 4 members (excludes halogenated alkanes) is 1. The Labute approximate surface area is 161 Å². The van der Waals surface area contributed by atoms with E-state index in [0.717, 1.165) is 29.0 Å². The maximum absolute atomic E-state index is 11.8. The van der Waals surface area contributed by atoms with Gasteiger partial charge in [-0.1, -0.05) is 37.1 Å². The van der Waals surface area contributed by atoms with Gasteiger partial charge in [0.2, 0.25) is 0 Å². The van der Waals surface area contributed by atoms with Crippen LogP contribution in [0.2, 0.25) is 5.02 Å². The number of halogens is 1. The Balaban J connectivity index is 2.20. The molecule has 2 rings (SSSR count). The van der Waals surface area contributed by atoms with Crippen LogP contribution >= 0.6 is 34.7 Å². The summed E-state index contributed by atoms with van der Waals surface area (Å²) in [6.07, 6.45) is 3.34. The summed E-state index contributed by atoms with van der Waals surface area (Å²) in [5.74, 6) is 0.949. The van der Waals surface area contributed by atoms with Crippen molar-refractivity contribution >= 4 is 46.5 Å². The smallest absolute Gasteiger partial charge is 0.427 e. The van der Waals surface area contributed by atoms with E-state index in [2.05, 4.69) is 22.8 Å². The molecule has 1 heterocycles. The molecule has 1 aromatic carbocycles. The number of carbonyl (C=O) groups is 1. The minimum Gasteiger partial charge on any atom is -0.448 e. The Kier molecular flexibility index (Phi) is 8.31. The topological polar surface area (TPSA) is 50.7 Å². The fourth-order valence-electron chi connectivity index (χ4n) is 2.04. The van der Waals surface area contributed by atoms with E-state index in [-0.39, 0.29) is 0 Å². The Morgan fingerprint density at radius 3 is 2.72 bits per heavy atom. The molecule has 0 radical (unpaired) electrons. The molecule has 7 heteroatoms. The van der Waals surface area contributed by atoms with Crippen molar-refractivity contribution in [2.45, 2.75) is 25.5 Å². The molecule has 0 fully saturated rings. The van der Waals surface area contributed by atoms with Crippen molar-refractivity contribution in [1.82, 2.24) is 5.43 Å². The Morgan fingerprint density at radius 1 is 1.28 bits per heavy atom. The molecule has 1 aromatic heterocycles. The molecule has 0 unspecified atom stereocenters. The van der Waals surface area contributed by atoms with Gasteiger partial charge in [0.25, 0.3) is 0 Å². The van der Waals surface area contributed by atoms with Gasteiger partial charge in [-0.05, 0) is 36.9 Å². The summed E-state index contributed by atoms with van der Waals surface area (Å²) < 4.78 is 5.09. The average Bonchev–Trinajstić information content (AvgIpc) is 3.05. The first kappa shape index (κ1) is 19.8. The highest BCUT2D eigenvalue weighted by molar-refractivity contribution is 7.97. The number of benzene rings is 1. The van der Waals surface area contributed by atoms with Crippen LogP contribution in [0.15, 0.2) is 41.5 Å². The average molecular weight is 397 g/mol. The molecule has 2 aromatic rings. The van der Waals surface area contributed by atoms with E-state index in [9.17, 15) is 4.79 Å². The van der Waals surface area contributed by atoms with Gasteiger partial charge >= 0.3 is 6.09 Å². The first-order valence-corrected chi connectivity index (χ1v) is 10.6. The number of rotatable bonds is 8. The second-order valence-corrected chi connectivity index (χ2v) is 7.74. The summed E-state index contributed by atoms with van der Waals surface area (Å²) in [5, 5.41) is 4.96. The van der Waals surface area contributed by atoms with Gasteiger partial charge in [-0.15, -0.1) is 11.3 Å². The third kappa shape index (κ3) is 6.38. The van der Waals surface area contributed by atoms with E-state index in [1.165, 1.54) is 4.88 Å². The van der Waals surface area contributed by atoms with Gasteiger partial charge in [-0.2, -0.15) is 16.9 Å². The fraction of sp³-hybridized carbons (Fsp3) is 0.333. The number of thiophene rings is 1. The first-order chi connectivity index (χ1) is 12.1. The highest BCUT2D eigenvalue weighted by atomic mass is 35.5. The molecule has 0 aliphatic carbocycles. The second kappa shape index (κ2) is 10.5. The van der Waals surface area contributed by atoms with Crippen molar-refractivity contribution in [1.29, 1.82) is 0 Å². The van der Waals surface area contributed by atoms with Crippen LogP contribution in [-0.4, -0.2) is 24.7 Å². The molecular formula is C18H21ClN2O2S2. The fourth-order valence-corrected chi connectivity index (χ4v) is 3.95. The summed E-state index contributed by atoms with van der Waals surface area (Å²) >= 11 is 9.41. The minimum absolute atomic E-state index is 0.394. The summed E-state index contributed by atoms with van der Waals surface area (Å²) in [6.45, 7) is 2.44. The molecule has 0 spiro atoms. The molecule has 25 heavy (non-hydrogen) atoms. The lowest BCUT2D eigenvalue weighted by molar-refractivity contribution is 0.145. The van der Waals surface area contributed by atoms with Crippen molar-refractivity contribution in [3.8, 4) is 0 Å². The molecule has 134 valence electrons. The summed E-state index contributed by atoms with van der Waals surface area (Å²) in [7, 11) is 0. The van der Waals surface area contributed by atoms with Gasteiger partial charge in [0.05, 0.1) is 11.5 Å². The monoisotopic (exact) mass is 396 g/mol. The standard InChI is InChI=1S/C18H21ClN2O2S2/c1-3-4-11-23-18(22)21-20-17(13-5-7-14(19)8-6-13)16-10-9-15(25-16)12-24-2/h5-10H,3-4,11-12H2,1-2H3,(H,21,22). The van der Waals surface area contributed by atoms with E-state index in [1.54, 1.807) is 23.1 Å². The molecule has 0 saturated heterocycles. The van der Waals surface area contributed by atoms with E-state index in [4.69, 9.17) is 16.3 Å². The first-order valence-electron chi connectivity index (χ1n) is 7.98. The van der Waals surface area contributed by atoms with Crippen LogP contribution in [0.3, 0.4) is 0 Å². The Morgan fingerprint density at radius 2 is 2.04 bits per heavy atom. The van der Waals surface area contributed by atoms with E-state index in [0.29, 0.717) is 17.3 Å². The zero-order valence-electron chi connectivity index (χ0n) is 14.3. The zero-order chi connectivity index (χ0) is 18.1. The lowest BCUT2D eigenvalue weighted by Crippen LogP contribution is -2.21. The predicted octanol–water partition coefficient (Wildman–Crippen LogP) is 5.54. The molecule has 0 saturated carbocycles. The zero-order valence-corrected chi connectivity index (χ0v) is 16.6. The summed E-state index contributed by atoms with van der Waals surface area (Å²) in [4.78, 5) is 14.0. The number of hydrazone groups is 1. The van der Waals surface area contributed by atoms with Crippen LogP contribution in [0.25, 0.3) is 0 Å². The molecule has 0 aliphatic rings. The van der Waals surface area contributed by atoms with Crippen LogP contribution < -0.4 is 5.43 Å². The van der Waals surface area contributed by atoms with Gasteiger partial charge in [-0.3, -0.25) is 0 Å². The minimum atomic E-state index is -0.541. The number of hydrogen-bond donors (Lipinski definition) is 1. The maximum atomic E-state index is 11.8. The summed E-state index contributed by atoms with van der Waals surface area (Å²) in [6, 6.07) is 11.5.